The third-order valence-electron chi connectivity index (χ3n) is 9.22. The summed E-state index contributed by atoms with van der Waals surface area (Å²) in [5, 5.41) is 5.81. The van der Waals surface area contributed by atoms with E-state index in [2.05, 4.69) is 10.6 Å². The van der Waals surface area contributed by atoms with E-state index in [0.717, 1.165) is 47.9 Å². The lowest BCUT2D eigenvalue weighted by Gasteiger charge is -2.25. The number of carbonyl (C=O) groups excluding carboxylic acids is 4. The monoisotopic (exact) mass is 586 g/mol. The number of rotatable bonds is 14. The van der Waals surface area contributed by atoms with Crippen molar-refractivity contribution in [2.75, 3.05) is 20.3 Å². The number of methoxy groups -OCH3 is 1. The second-order valence-corrected chi connectivity index (χ2v) is 12.4. The summed E-state index contributed by atoms with van der Waals surface area (Å²) in [6, 6.07) is 14.6. The first-order chi connectivity index (χ1) is 20.7. The molecule has 43 heavy (non-hydrogen) atoms. The molecule has 5 rings (SSSR count). The average molecular weight is 587 g/mol. The highest BCUT2D eigenvalue weighted by atomic mass is 16.6. The van der Waals surface area contributed by atoms with Crippen LogP contribution in [0.1, 0.15) is 69.1 Å². The molecule has 3 unspecified atom stereocenters. The number of benzene rings is 2. The minimum Gasteiger partial charge on any atom is -0.497 e. The predicted octanol–water partition coefficient (Wildman–Crippen LogP) is 4.38. The summed E-state index contributed by atoms with van der Waals surface area (Å²) >= 11 is 0. The Kier molecular flexibility index (Phi) is 9.45. The van der Waals surface area contributed by atoms with Gasteiger partial charge in [-0.25, -0.2) is 0 Å². The molecule has 2 amide bonds. The van der Waals surface area contributed by atoms with Crippen molar-refractivity contribution in [3.63, 3.8) is 0 Å². The number of nitrogens with one attached hydrogen (secondary N) is 2. The zero-order chi connectivity index (χ0) is 30.6. The first-order valence-corrected chi connectivity index (χ1v) is 15.4. The summed E-state index contributed by atoms with van der Waals surface area (Å²) in [5.41, 5.74) is 3.75. The van der Waals surface area contributed by atoms with Crippen LogP contribution in [0, 0.1) is 11.8 Å². The normalized spacial score (nSPS) is 20.7. The van der Waals surface area contributed by atoms with Gasteiger partial charge in [-0.3, -0.25) is 19.2 Å². The molecule has 1 saturated carbocycles. The van der Waals surface area contributed by atoms with Gasteiger partial charge in [0.25, 0.3) is 0 Å². The molecule has 3 atom stereocenters. The largest absolute Gasteiger partial charge is 0.497 e. The van der Waals surface area contributed by atoms with Crippen LogP contribution in [0.3, 0.4) is 0 Å². The van der Waals surface area contributed by atoms with Crippen LogP contribution in [0.15, 0.2) is 54.1 Å². The molecule has 1 saturated heterocycles. The van der Waals surface area contributed by atoms with Crippen LogP contribution in [0.2, 0.25) is 0 Å². The average Bonchev–Trinajstić information content (AvgIpc) is 3.39. The van der Waals surface area contributed by atoms with Crippen molar-refractivity contribution in [1.82, 2.24) is 10.6 Å². The fraction of sp³-hybridized carbons (Fsp3) is 0.486. The Labute approximate surface area is 253 Å². The maximum Gasteiger partial charge on any atom is 0.248 e. The molecule has 8 nitrogen and oxygen atoms in total. The number of hydrogen-bond donors (Lipinski definition) is 2. The van der Waals surface area contributed by atoms with Gasteiger partial charge in [0.2, 0.25) is 11.8 Å². The number of Topliss-reactive ketones (excluding diaryl/α,β-unsaturated/α-hetero) is 2. The summed E-state index contributed by atoms with van der Waals surface area (Å²) < 4.78 is 10.7. The molecule has 2 fully saturated rings. The SMILES string of the molecule is COc1ccc(CC(CC(=O)CNC(=O)C2=C(C)c3ccccc3C2)C(=O)NC(CC2CCCC2)C(=O)C2(C)CO2)cc1. The van der Waals surface area contributed by atoms with E-state index in [1.54, 1.807) is 14.0 Å². The van der Waals surface area contributed by atoms with Crippen molar-refractivity contribution >= 4 is 29.0 Å². The Hall–Kier alpha value is -3.78. The van der Waals surface area contributed by atoms with E-state index >= 15 is 0 Å². The fourth-order valence-corrected chi connectivity index (χ4v) is 6.43. The molecule has 0 spiro atoms. The molecular formula is C35H42N2O6. The molecule has 8 heteroatoms. The number of allylic oxidation sites excluding steroid dienone is 1. The van der Waals surface area contributed by atoms with Crippen molar-refractivity contribution in [2.45, 2.75) is 76.9 Å². The van der Waals surface area contributed by atoms with Crippen LogP contribution in [0.5, 0.6) is 5.75 Å². The van der Waals surface area contributed by atoms with Gasteiger partial charge >= 0.3 is 0 Å². The number of amides is 2. The Morgan fingerprint density at radius 1 is 1.05 bits per heavy atom. The van der Waals surface area contributed by atoms with Crippen LogP contribution < -0.4 is 15.4 Å². The van der Waals surface area contributed by atoms with Crippen LogP contribution >= 0.6 is 0 Å². The van der Waals surface area contributed by atoms with E-state index in [0.29, 0.717) is 43.1 Å². The van der Waals surface area contributed by atoms with Gasteiger partial charge < -0.3 is 20.1 Å². The summed E-state index contributed by atoms with van der Waals surface area (Å²) in [6.45, 7) is 3.88. The topological polar surface area (TPSA) is 114 Å². The Balaban J connectivity index is 1.26. The quantitative estimate of drug-likeness (QED) is 0.318. The third kappa shape index (κ3) is 7.42. The minimum atomic E-state index is -0.852. The molecule has 0 radical (unpaired) electrons. The molecule has 0 bridgehead atoms. The van der Waals surface area contributed by atoms with E-state index in [4.69, 9.17) is 9.47 Å². The molecule has 1 heterocycles. The van der Waals surface area contributed by atoms with E-state index in [-0.39, 0.29) is 36.3 Å². The lowest BCUT2D eigenvalue weighted by molar-refractivity contribution is -0.134. The third-order valence-corrected chi connectivity index (χ3v) is 9.22. The highest BCUT2D eigenvalue weighted by Gasteiger charge is 2.50. The molecule has 1 aliphatic heterocycles. The van der Waals surface area contributed by atoms with Crippen LogP contribution in [-0.4, -0.2) is 55.3 Å². The molecule has 2 aliphatic carbocycles. The lowest BCUT2D eigenvalue weighted by atomic mass is 9.89. The van der Waals surface area contributed by atoms with Crippen molar-refractivity contribution < 1.29 is 28.7 Å². The fourth-order valence-electron chi connectivity index (χ4n) is 6.43. The van der Waals surface area contributed by atoms with Crippen molar-refractivity contribution in [3.8, 4) is 5.75 Å². The van der Waals surface area contributed by atoms with Crippen LogP contribution in [-0.2, 0) is 36.8 Å². The summed E-state index contributed by atoms with van der Waals surface area (Å²) in [6.07, 6.45) is 5.73. The van der Waals surface area contributed by atoms with Gasteiger partial charge in [-0.05, 0) is 67.0 Å². The van der Waals surface area contributed by atoms with Gasteiger partial charge in [0, 0.05) is 24.3 Å². The molecule has 0 aromatic heterocycles. The van der Waals surface area contributed by atoms with E-state index in [1.807, 2.05) is 55.5 Å². The van der Waals surface area contributed by atoms with E-state index in [9.17, 15) is 19.2 Å². The van der Waals surface area contributed by atoms with Gasteiger partial charge in [-0.15, -0.1) is 0 Å². The van der Waals surface area contributed by atoms with Gasteiger partial charge in [-0.1, -0.05) is 62.1 Å². The zero-order valence-corrected chi connectivity index (χ0v) is 25.4. The Morgan fingerprint density at radius 3 is 2.40 bits per heavy atom. The number of fused-ring (bicyclic) bond motifs is 1. The summed E-state index contributed by atoms with van der Waals surface area (Å²) in [4.78, 5) is 53.4. The second kappa shape index (κ2) is 13.2. The van der Waals surface area contributed by atoms with Crippen molar-refractivity contribution in [3.05, 3.63) is 70.8 Å². The standard InChI is InChI=1S/C35H42N2O6/c1-22-29-11-7-6-10-25(29)19-30(22)34(41)36-20-27(38)18-26(16-24-12-14-28(42-3)15-13-24)33(40)37-31(17-23-8-4-5-9-23)32(39)35(2)21-43-35/h6-7,10-15,23,26,31H,4-5,8-9,16-21H2,1-3H3,(H,36,41)(H,37,40). The highest BCUT2D eigenvalue weighted by Crippen LogP contribution is 2.34. The number of carbonyl (C=O) groups is 4. The van der Waals surface area contributed by atoms with Crippen LogP contribution in [0.25, 0.3) is 5.57 Å². The van der Waals surface area contributed by atoms with Gasteiger partial charge in [0.05, 0.1) is 26.3 Å². The zero-order valence-electron chi connectivity index (χ0n) is 25.4. The Bertz CT molecular complexity index is 1400. The minimum absolute atomic E-state index is 0.0610. The Morgan fingerprint density at radius 2 is 1.74 bits per heavy atom. The maximum atomic E-state index is 13.8. The van der Waals surface area contributed by atoms with Crippen molar-refractivity contribution in [2.24, 2.45) is 11.8 Å². The maximum absolute atomic E-state index is 13.8. The summed E-state index contributed by atoms with van der Waals surface area (Å²) in [7, 11) is 1.59. The highest BCUT2D eigenvalue weighted by molar-refractivity contribution is 6.05. The molecule has 3 aliphatic rings. The molecule has 2 aromatic rings. The second-order valence-electron chi connectivity index (χ2n) is 12.4. The van der Waals surface area contributed by atoms with Crippen molar-refractivity contribution in [1.29, 1.82) is 0 Å². The number of ketones is 2. The molecule has 2 aromatic carbocycles. The number of epoxide rings is 1. The van der Waals surface area contributed by atoms with E-state index in [1.165, 1.54) is 0 Å². The van der Waals surface area contributed by atoms with E-state index < -0.39 is 17.6 Å². The number of ether oxygens (including phenoxy) is 2. The van der Waals surface area contributed by atoms with Gasteiger partial charge in [0.15, 0.2) is 11.6 Å². The molecular weight excluding hydrogens is 544 g/mol. The van der Waals surface area contributed by atoms with Gasteiger partial charge in [0.1, 0.15) is 11.4 Å². The number of hydrogen-bond acceptors (Lipinski definition) is 6. The lowest BCUT2D eigenvalue weighted by Crippen LogP contribution is -2.49. The molecule has 2 N–H and O–H groups in total. The first-order valence-electron chi connectivity index (χ1n) is 15.4. The summed E-state index contributed by atoms with van der Waals surface area (Å²) in [5.74, 6) is -0.571. The van der Waals surface area contributed by atoms with Crippen LogP contribution in [0.4, 0.5) is 0 Å². The predicted molar refractivity (Wildman–Crippen MR) is 163 cm³/mol. The smallest absolute Gasteiger partial charge is 0.248 e. The molecule has 228 valence electrons. The first kappa shape index (κ1) is 30.7. The van der Waals surface area contributed by atoms with Gasteiger partial charge in [-0.2, -0.15) is 0 Å².